The van der Waals surface area contributed by atoms with Gasteiger partial charge in [0.2, 0.25) is 0 Å². The Kier molecular flexibility index (Phi) is 2.51. The van der Waals surface area contributed by atoms with Crippen LogP contribution in [0.25, 0.3) is 0 Å². The number of halogens is 1. The maximum Gasteiger partial charge on any atom is 0.133 e. The highest BCUT2D eigenvalue weighted by Crippen LogP contribution is 2.33. The summed E-state index contributed by atoms with van der Waals surface area (Å²) in [5.41, 5.74) is 6.60. The normalized spacial score (nSPS) is 19.5. The molecule has 2 heterocycles. The molecule has 15 heavy (non-hydrogen) atoms. The van der Waals surface area contributed by atoms with Crippen molar-refractivity contribution in [3.05, 3.63) is 17.3 Å². The monoisotopic (exact) mass is 225 g/mol. The van der Waals surface area contributed by atoms with E-state index in [4.69, 9.17) is 17.3 Å². The van der Waals surface area contributed by atoms with E-state index in [1.165, 1.54) is 12.8 Å². The molecule has 0 unspecified atom stereocenters. The van der Waals surface area contributed by atoms with Gasteiger partial charge in [0.25, 0.3) is 0 Å². The predicted octanol–water partition coefficient (Wildman–Crippen LogP) is 2.70. The zero-order valence-corrected chi connectivity index (χ0v) is 9.88. The van der Waals surface area contributed by atoms with Crippen LogP contribution in [-0.4, -0.2) is 17.1 Å². The minimum atomic E-state index is 0.157. The molecule has 0 radical (unpaired) electrons. The van der Waals surface area contributed by atoms with Gasteiger partial charge in [-0.3, -0.25) is 0 Å². The van der Waals surface area contributed by atoms with Gasteiger partial charge in [-0.2, -0.15) is 0 Å². The van der Waals surface area contributed by atoms with E-state index in [9.17, 15) is 0 Å². The summed E-state index contributed by atoms with van der Waals surface area (Å²) in [6.07, 6.45) is 2.38. The van der Waals surface area contributed by atoms with Crippen LogP contribution in [0.2, 0.25) is 5.15 Å². The summed E-state index contributed by atoms with van der Waals surface area (Å²) in [7, 11) is 0. The molecule has 1 fully saturated rings. The number of aromatic nitrogens is 1. The average Bonchev–Trinajstić information content (AvgIpc) is 2.43. The summed E-state index contributed by atoms with van der Waals surface area (Å²) in [5, 5.41) is 0.465. The molecule has 3 nitrogen and oxygen atoms in total. The van der Waals surface area contributed by atoms with Crippen LogP contribution in [0.15, 0.2) is 12.1 Å². The molecule has 2 rings (SSSR count). The van der Waals surface area contributed by atoms with E-state index < -0.39 is 0 Å². The lowest BCUT2D eigenvalue weighted by Crippen LogP contribution is -2.38. The van der Waals surface area contributed by atoms with Crippen LogP contribution < -0.4 is 10.6 Å². The third kappa shape index (κ3) is 2.02. The van der Waals surface area contributed by atoms with Crippen LogP contribution in [0.3, 0.4) is 0 Å². The molecular formula is C11H16ClN3. The molecule has 0 aliphatic carbocycles. The van der Waals surface area contributed by atoms with E-state index in [1.807, 2.05) is 6.07 Å². The number of nitrogen functional groups attached to an aromatic ring is 1. The third-order valence-electron chi connectivity index (χ3n) is 2.98. The van der Waals surface area contributed by atoms with E-state index in [0.717, 1.165) is 12.4 Å². The SMILES string of the molecule is CC1(C)CCCN1c1cc(N)cc(Cl)n1. The summed E-state index contributed by atoms with van der Waals surface area (Å²) in [6, 6.07) is 3.56. The molecule has 1 aromatic heterocycles. The van der Waals surface area contributed by atoms with Gasteiger partial charge in [0.1, 0.15) is 11.0 Å². The molecule has 2 N–H and O–H groups in total. The molecule has 0 bridgehead atoms. The lowest BCUT2D eigenvalue weighted by atomic mass is 10.0. The quantitative estimate of drug-likeness (QED) is 0.748. The topological polar surface area (TPSA) is 42.1 Å². The van der Waals surface area contributed by atoms with Gasteiger partial charge in [0, 0.05) is 23.8 Å². The minimum Gasteiger partial charge on any atom is -0.399 e. The molecule has 1 saturated heterocycles. The van der Waals surface area contributed by atoms with Gasteiger partial charge in [-0.1, -0.05) is 11.6 Å². The Bertz CT molecular complexity index is 356. The molecule has 0 aromatic carbocycles. The second kappa shape index (κ2) is 3.56. The summed E-state index contributed by atoms with van der Waals surface area (Å²) in [5.74, 6) is 0.891. The van der Waals surface area contributed by atoms with Gasteiger partial charge in [0.05, 0.1) is 0 Å². The van der Waals surface area contributed by atoms with E-state index in [-0.39, 0.29) is 5.54 Å². The number of nitrogens with zero attached hydrogens (tertiary/aromatic N) is 2. The Labute approximate surface area is 95.2 Å². The average molecular weight is 226 g/mol. The van der Waals surface area contributed by atoms with Crippen molar-refractivity contribution in [2.45, 2.75) is 32.2 Å². The third-order valence-corrected chi connectivity index (χ3v) is 3.17. The Hall–Kier alpha value is -0.960. The van der Waals surface area contributed by atoms with Gasteiger partial charge in [-0.15, -0.1) is 0 Å². The summed E-state index contributed by atoms with van der Waals surface area (Å²) < 4.78 is 0. The largest absolute Gasteiger partial charge is 0.399 e. The highest BCUT2D eigenvalue weighted by Gasteiger charge is 2.32. The van der Waals surface area contributed by atoms with Crippen LogP contribution in [0, 0.1) is 0 Å². The fourth-order valence-electron chi connectivity index (χ4n) is 2.17. The van der Waals surface area contributed by atoms with Crippen molar-refractivity contribution >= 4 is 23.1 Å². The Morgan fingerprint density at radius 3 is 2.73 bits per heavy atom. The Balaban J connectivity index is 2.37. The van der Waals surface area contributed by atoms with Crippen LogP contribution in [0.5, 0.6) is 0 Å². The van der Waals surface area contributed by atoms with Gasteiger partial charge in [-0.25, -0.2) is 4.98 Å². The molecular weight excluding hydrogens is 210 g/mol. The van der Waals surface area contributed by atoms with Crippen molar-refractivity contribution in [1.82, 2.24) is 4.98 Å². The van der Waals surface area contributed by atoms with E-state index in [2.05, 4.69) is 23.7 Å². The Morgan fingerprint density at radius 1 is 1.47 bits per heavy atom. The van der Waals surface area contributed by atoms with Crippen LogP contribution >= 0.6 is 11.6 Å². The molecule has 1 aromatic rings. The lowest BCUT2D eigenvalue weighted by molar-refractivity contribution is 0.514. The molecule has 0 spiro atoms. The standard InChI is InChI=1S/C11H16ClN3/c1-11(2)4-3-5-15(11)10-7-8(13)6-9(12)14-10/h6-7H,3-5H2,1-2H3,(H2,13,14). The predicted molar refractivity (Wildman–Crippen MR) is 64.3 cm³/mol. The lowest BCUT2D eigenvalue weighted by Gasteiger charge is -2.32. The molecule has 0 atom stereocenters. The highest BCUT2D eigenvalue weighted by molar-refractivity contribution is 6.29. The van der Waals surface area contributed by atoms with E-state index in [1.54, 1.807) is 6.07 Å². The summed E-state index contributed by atoms with van der Waals surface area (Å²) in [6.45, 7) is 5.47. The van der Waals surface area contributed by atoms with Crippen molar-refractivity contribution in [2.24, 2.45) is 0 Å². The van der Waals surface area contributed by atoms with Gasteiger partial charge >= 0.3 is 0 Å². The van der Waals surface area contributed by atoms with Crippen molar-refractivity contribution in [3.8, 4) is 0 Å². The minimum absolute atomic E-state index is 0.157. The first-order valence-corrected chi connectivity index (χ1v) is 5.57. The number of anilines is 2. The van der Waals surface area contributed by atoms with E-state index >= 15 is 0 Å². The first kappa shape index (κ1) is 10.6. The summed E-state index contributed by atoms with van der Waals surface area (Å²) >= 11 is 5.90. The highest BCUT2D eigenvalue weighted by atomic mass is 35.5. The molecule has 4 heteroatoms. The fraction of sp³-hybridized carbons (Fsp3) is 0.545. The number of pyridine rings is 1. The number of nitrogens with two attached hydrogens (primary N) is 1. The Morgan fingerprint density at radius 2 is 2.20 bits per heavy atom. The van der Waals surface area contributed by atoms with Crippen molar-refractivity contribution in [3.63, 3.8) is 0 Å². The first-order chi connectivity index (χ1) is 6.99. The summed E-state index contributed by atoms with van der Waals surface area (Å²) in [4.78, 5) is 6.60. The molecule has 1 aliphatic rings. The first-order valence-electron chi connectivity index (χ1n) is 5.20. The van der Waals surface area contributed by atoms with Crippen LogP contribution in [0.1, 0.15) is 26.7 Å². The fourth-order valence-corrected chi connectivity index (χ4v) is 2.39. The zero-order valence-electron chi connectivity index (χ0n) is 9.13. The maximum atomic E-state index is 5.90. The van der Waals surface area contributed by atoms with E-state index in [0.29, 0.717) is 10.8 Å². The van der Waals surface area contributed by atoms with Crippen molar-refractivity contribution in [1.29, 1.82) is 0 Å². The van der Waals surface area contributed by atoms with Gasteiger partial charge < -0.3 is 10.6 Å². The number of rotatable bonds is 1. The van der Waals surface area contributed by atoms with Crippen molar-refractivity contribution < 1.29 is 0 Å². The smallest absolute Gasteiger partial charge is 0.133 e. The molecule has 0 saturated carbocycles. The second-order valence-corrected chi connectivity index (χ2v) is 5.04. The molecule has 82 valence electrons. The zero-order chi connectivity index (χ0) is 11.1. The molecule has 1 aliphatic heterocycles. The number of hydrogen-bond donors (Lipinski definition) is 1. The van der Waals surface area contributed by atoms with Crippen molar-refractivity contribution in [2.75, 3.05) is 17.2 Å². The number of hydrogen-bond acceptors (Lipinski definition) is 3. The van der Waals surface area contributed by atoms with Gasteiger partial charge in [-0.05, 0) is 32.8 Å². The second-order valence-electron chi connectivity index (χ2n) is 4.65. The molecule has 0 amide bonds. The van der Waals surface area contributed by atoms with Crippen LogP contribution in [0.4, 0.5) is 11.5 Å². The van der Waals surface area contributed by atoms with Gasteiger partial charge in [0.15, 0.2) is 0 Å². The van der Waals surface area contributed by atoms with Crippen LogP contribution in [-0.2, 0) is 0 Å². The maximum absolute atomic E-state index is 5.90.